The normalized spacial score (nSPS) is 10.9. The molecule has 0 aliphatic carbocycles. The number of hydrogen-bond acceptors (Lipinski definition) is 3. The lowest BCUT2D eigenvalue weighted by Crippen LogP contribution is -2.07. The van der Waals surface area contributed by atoms with Crippen molar-refractivity contribution in [3.63, 3.8) is 0 Å². The second kappa shape index (κ2) is 9.37. The summed E-state index contributed by atoms with van der Waals surface area (Å²) in [6.45, 7) is 7.34. The van der Waals surface area contributed by atoms with Crippen molar-refractivity contribution >= 4 is 11.8 Å². The van der Waals surface area contributed by atoms with Crippen LogP contribution in [0.5, 0.6) is 0 Å². The van der Waals surface area contributed by atoms with Crippen LogP contribution in [0.15, 0.2) is 12.1 Å². The molecule has 0 saturated heterocycles. The quantitative estimate of drug-likeness (QED) is 0.629. The van der Waals surface area contributed by atoms with E-state index in [1.807, 2.05) is 6.92 Å². The zero-order valence-electron chi connectivity index (χ0n) is 13.5. The lowest BCUT2D eigenvalue weighted by atomic mass is 10.0. The first-order valence-electron chi connectivity index (χ1n) is 8.01. The molecule has 0 radical (unpaired) electrons. The Morgan fingerprint density at radius 2 is 1.95 bits per heavy atom. The van der Waals surface area contributed by atoms with Gasteiger partial charge in [-0.25, -0.2) is 9.78 Å². The third-order valence-corrected chi connectivity index (χ3v) is 3.50. The highest BCUT2D eigenvalue weighted by Gasteiger charge is 2.07. The molecule has 4 nitrogen and oxygen atoms in total. The van der Waals surface area contributed by atoms with Gasteiger partial charge in [0.1, 0.15) is 5.82 Å². The average Bonchev–Trinajstić information content (AvgIpc) is 2.45. The summed E-state index contributed by atoms with van der Waals surface area (Å²) in [7, 11) is 0. The number of aryl methyl sites for hydroxylation is 1. The Hall–Kier alpha value is -1.58. The number of anilines is 1. The van der Waals surface area contributed by atoms with Gasteiger partial charge < -0.3 is 10.4 Å². The number of carbonyl (C=O) groups is 1. The molecule has 1 heterocycles. The van der Waals surface area contributed by atoms with Crippen molar-refractivity contribution in [3.8, 4) is 0 Å². The van der Waals surface area contributed by atoms with Gasteiger partial charge in [0.2, 0.25) is 0 Å². The summed E-state index contributed by atoms with van der Waals surface area (Å²) in [5.74, 6) is 0.566. The average molecular weight is 292 g/mol. The van der Waals surface area contributed by atoms with Crippen molar-refractivity contribution in [2.45, 2.75) is 59.3 Å². The number of rotatable bonds is 10. The predicted molar refractivity (Wildman–Crippen MR) is 87.0 cm³/mol. The number of hydrogen-bond donors (Lipinski definition) is 2. The van der Waals surface area contributed by atoms with Gasteiger partial charge in [0.15, 0.2) is 0 Å². The van der Waals surface area contributed by atoms with Crippen LogP contribution < -0.4 is 5.32 Å². The minimum absolute atomic E-state index is 0.307. The number of carboxylic acid groups (broad SMARTS) is 1. The van der Waals surface area contributed by atoms with Crippen molar-refractivity contribution < 1.29 is 9.90 Å². The van der Waals surface area contributed by atoms with E-state index in [2.05, 4.69) is 24.1 Å². The molecule has 21 heavy (non-hydrogen) atoms. The summed E-state index contributed by atoms with van der Waals surface area (Å²) in [5, 5.41) is 12.3. The maximum Gasteiger partial charge on any atom is 0.335 e. The van der Waals surface area contributed by atoms with Gasteiger partial charge in [-0.2, -0.15) is 0 Å². The zero-order valence-corrected chi connectivity index (χ0v) is 13.5. The number of nitrogens with zero attached hydrogens (tertiary/aromatic N) is 1. The second-order valence-corrected chi connectivity index (χ2v) is 5.91. The molecule has 4 heteroatoms. The minimum atomic E-state index is -0.899. The first-order valence-corrected chi connectivity index (χ1v) is 8.01. The molecule has 0 spiro atoms. The van der Waals surface area contributed by atoms with Crippen LogP contribution in [0, 0.1) is 5.92 Å². The van der Waals surface area contributed by atoms with Crippen molar-refractivity contribution in [1.29, 1.82) is 0 Å². The first-order chi connectivity index (χ1) is 10.0. The summed E-state index contributed by atoms with van der Waals surface area (Å²) >= 11 is 0. The van der Waals surface area contributed by atoms with Crippen molar-refractivity contribution in [2.75, 3.05) is 11.9 Å². The smallest absolute Gasteiger partial charge is 0.335 e. The molecule has 0 unspecified atom stereocenters. The van der Waals surface area contributed by atoms with E-state index in [1.165, 1.54) is 25.7 Å². The van der Waals surface area contributed by atoms with Crippen molar-refractivity contribution in [1.82, 2.24) is 4.98 Å². The Morgan fingerprint density at radius 3 is 2.57 bits per heavy atom. The van der Waals surface area contributed by atoms with E-state index < -0.39 is 5.97 Å². The molecule has 0 saturated carbocycles. The molecule has 0 aromatic carbocycles. The molecule has 0 atom stereocenters. The Morgan fingerprint density at radius 1 is 1.24 bits per heavy atom. The summed E-state index contributed by atoms with van der Waals surface area (Å²) < 4.78 is 0. The standard InChI is InChI=1S/C17H28N2O2/c1-4-15-11-14(17(20)21)12-16(19-15)18-10-8-6-5-7-9-13(2)3/h11-13H,4-10H2,1-3H3,(H,18,19)(H,20,21). The Labute approximate surface area is 128 Å². The van der Waals surface area contributed by atoms with Gasteiger partial charge in [0.05, 0.1) is 5.56 Å². The second-order valence-electron chi connectivity index (χ2n) is 5.91. The summed E-state index contributed by atoms with van der Waals surface area (Å²) in [5.41, 5.74) is 1.12. The minimum Gasteiger partial charge on any atom is -0.478 e. The predicted octanol–water partition coefficient (Wildman–Crippen LogP) is 4.36. The molecule has 0 fully saturated rings. The molecule has 1 aromatic heterocycles. The van der Waals surface area contributed by atoms with Gasteiger partial charge in [0, 0.05) is 12.2 Å². The number of unbranched alkanes of at least 4 members (excludes halogenated alkanes) is 3. The van der Waals surface area contributed by atoms with E-state index in [0.717, 1.165) is 31.0 Å². The number of carboxylic acids is 1. The molecular weight excluding hydrogens is 264 g/mol. The Bertz CT molecular complexity index is 444. The molecule has 1 rings (SSSR count). The van der Waals surface area contributed by atoms with Gasteiger partial charge in [-0.3, -0.25) is 0 Å². The summed E-state index contributed by atoms with van der Waals surface area (Å²) in [6.07, 6.45) is 6.91. The zero-order chi connectivity index (χ0) is 15.7. The lowest BCUT2D eigenvalue weighted by Gasteiger charge is -2.09. The third-order valence-electron chi connectivity index (χ3n) is 3.50. The highest BCUT2D eigenvalue weighted by molar-refractivity contribution is 5.88. The SMILES string of the molecule is CCc1cc(C(=O)O)cc(NCCCCCCC(C)C)n1. The van der Waals surface area contributed by atoms with Crippen molar-refractivity contribution in [2.24, 2.45) is 5.92 Å². The fourth-order valence-electron chi connectivity index (χ4n) is 2.23. The van der Waals surface area contributed by atoms with Gasteiger partial charge in [0.25, 0.3) is 0 Å². The molecular formula is C17H28N2O2. The first kappa shape index (κ1) is 17.5. The molecule has 0 aliphatic rings. The highest BCUT2D eigenvalue weighted by atomic mass is 16.4. The van der Waals surface area contributed by atoms with Gasteiger partial charge in [-0.05, 0) is 30.9 Å². The van der Waals surface area contributed by atoms with Gasteiger partial charge in [-0.15, -0.1) is 0 Å². The summed E-state index contributed by atoms with van der Waals surface area (Å²) in [6, 6.07) is 3.25. The van der Waals surface area contributed by atoms with E-state index in [4.69, 9.17) is 5.11 Å². The molecule has 0 bridgehead atoms. The van der Waals surface area contributed by atoms with Crippen LogP contribution in [-0.2, 0) is 6.42 Å². The third kappa shape index (κ3) is 7.11. The van der Waals surface area contributed by atoms with E-state index in [1.54, 1.807) is 12.1 Å². The van der Waals surface area contributed by atoms with E-state index in [0.29, 0.717) is 11.4 Å². The van der Waals surface area contributed by atoms with Crippen LogP contribution in [0.4, 0.5) is 5.82 Å². The van der Waals surface area contributed by atoms with Crippen LogP contribution in [0.3, 0.4) is 0 Å². The maximum absolute atomic E-state index is 11.1. The van der Waals surface area contributed by atoms with Crippen molar-refractivity contribution in [3.05, 3.63) is 23.4 Å². The largest absolute Gasteiger partial charge is 0.478 e. The molecule has 1 aromatic rings. The summed E-state index contributed by atoms with van der Waals surface area (Å²) in [4.78, 5) is 15.5. The topological polar surface area (TPSA) is 62.2 Å². The number of aromatic carboxylic acids is 1. The number of nitrogens with one attached hydrogen (secondary N) is 1. The van der Waals surface area contributed by atoms with Crippen LogP contribution >= 0.6 is 0 Å². The van der Waals surface area contributed by atoms with Crippen LogP contribution in [0.2, 0.25) is 0 Å². The Kier molecular flexibility index (Phi) is 7.80. The molecule has 2 N–H and O–H groups in total. The monoisotopic (exact) mass is 292 g/mol. The van der Waals surface area contributed by atoms with E-state index in [9.17, 15) is 4.79 Å². The maximum atomic E-state index is 11.1. The number of pyridine rings is 1. The fourth-order valence-corrected chi connectivity index (χ4v) is 2.23. The molecule has 0 amide bonds. The molecule has 118 valence electrons. The van der Waals surface area contributed by atoms with Crippen LogP contribution in [-0.4, -0.2) is 22.6 Å². The lowest BCUT2D eigenvalue weighted by molar-refractivity contribution is 0.0696. The highest BCUT2D eigenvalue weighted by Crippen LogP contribution is 2.13. The number of aromatic nitrogens is 1. The fraction of sp³-hybridized carbons (Fsp3) is 0.647. The van der Waals surface area contributed by atoms with Gasteiger partial charge >= 0.3 is 5.97 Å². The molecule has 0 aliphatic heterocycles. The van der Waals surface area contributed by atoms with Crippen LogP contribution in [0.1, 0.15) is 68.9 Å². The van der Waals surface area contributed by atoms with E-state index in [-0.39, 0.29) is 0 Å². The van der Waals surface area contributed by atoms with Gasteiger partial charge in [-0.1, -0.05) is 46.5 Å². The Balaban J connectivity index is 2.34. The van der Waals surface area contributed by atoms with Crippen LogP contribution in [0.25, 0.3) is 0 Å². The van der Waals surface area contributed by atoms with E-state index >= 15 is 0 Å².